The first-order valence-electron chi connectivity index (χ1n) is 6.80. The molecule has 0 radical (unpaired) electrons. The van der Waals surface area contributed by atoms with Gasteiger partial charge in [0.15, 0.2) is 0 Å². The molecule has 100 valence electrons. The highest BCUT2D eigenvalue weighted by Gasteiger charge is 2.39. The number of hydrogen-bond donors (Lipinski definition) is 2. The molecule has 1 fully saturated rings. The van der Waals surface area contributed by atoms with Crippen LogP contribution >= 0.6 is 0 Å². The van der Waals surface area contributed by atoms with E-state index in [2.05, 4.69) is 23.7 Å². The molecule has 1 aliphatic rings. The fourth-order valence-corrected chi connectivity index (χ4v) is 2.90. The molecule has 1 aromatic rings. The Labute approximate surface area is 109 Å². The van der Waals surface area contributed by atoms with Crippen LogP contribution in [0.1, 0.15) is 44.7 Å². The molecule has 0 saturated carbocycles. The van der Waals surface area contributed by atoms with Gasteiger partial charge in [-0.05, 0) is 45.3 Å². The minimum atomic E-state index is -0.0886. The lowest BCUT2D eigenvalue weighted by Gasteiger charge is -2.43. The summed E-state index contributed by atoms with van der Waals surface area (Å²) in [6.07, 6.45) is 5.27. The molecule has 2 rings (SSSR count). The van der Waals surface area contributed by atoms with E-state index < -0.39 is 0 Å². The van der Waals surface area contributed by atoms with Crippen molar-refractivity contribution in [2.24, 2.45) is 5.73 Å². The fourth-order valence-electron chi connectivity index (χ4n) is 2.90. The monoisotopic (exact) mass is 248 g/mol. The number of pyridine rings is 1. The highest BCUT2D eigenvalue weighted by atomic mass is 15.2. The SMILES string of the molecule is CCC(C)(C(N)c1cccnc1N)N1CCCC1. The topological polar surface area (TPSA) is 68.2 Å². The second kappa shape index (κ2) is 5.24. The Balaban J connectivity index is 2.29. The van der Waals surface area contributed by atoms with E-state index in [0.717, 1.165) is 25.1 Å². The molecule has 2 atom stereocenters. The molecule has 0 spiro atoms. The second-order valence-electron chi connectivity index (χ2n) is 5.36. The van der Waals surface area contributed by atoms with Crippen molar-refractivity contribution in [3.05, 3.63) is 23.9 Å². The first-order chi connectivity index (χ1) is 8.59. The van der Waals surface area contributed by atoms with E-state index >= 15 is 0 Å². The highest BCUT2D eigenvalue weighted by molar-refractivity contribution is 5.42. The summed E-state index contributed by atoms with van der Waals surface area (Å²) in [5.74, 6) is 0.559. The lowest BCUT2D eigenvalue weighted by atomic mass is 9.84. The average molecular weight is 248 g/mol. The fraction of sp³-hybridized carbons (Fsp3) is 0.643. The van der Waals surface area contributed by atoms with Crippen molar-refractivity contribution in [2.75, 3.05) is 18.8 Å². The van der Waals surface area contributed by atoms with Crippen LogP contribution in [0.4, 0.5) is 5.82 Å². The Morgan fingerprint density at radius 1 is 1.44 bits per heavy atom. The van der Waals surface area contributed by atoms with Crippen molar-refractivity contribution in [1.29, 1.82) is 0 Å². The summed E-state index contributed by atoms with van der Waals surface area (Å²) in [6.45, 7) is 6.72. The standard InChI is InChI=1S/C14H24N4/c1-3-14(2,18-9-4-5-10-18)12(15)11-7-6-8-17-13(11)16/h6-8,12H,3-5,9-10,15H2,1-2H3,(H2,16,17). The van der Waals surface area contributed by atoms with Gasteiger partial charge in [-0.15, -0.1) is 0 Å². The van der Waals surface area contributed by atoms with Gasteiger partial charge in [0.1, 0.15) is 5.82 Å². The molecule has 1 saturated heterocycles. The predicted molar refractivity (Wildman–Crippen MR) is 75.1 cm³/mol. The molecule has 0 amide bonds. The Kier molecular flexibility index (Phi) is 3.88. The number of anilines is 1. The summed E-state index contributed by atoms with van der Waals surface area (Å²) in [5.41, 5.74) is 13.4. The Bertz CT molecular complexity index is 401. The van der Waals surface area contributed by atoms with Gasteiger partial charge in [0.2, 0.25) is 0 Å². The lowest BCUT2D eigenvalue weighted by Crippen LogP contribution is -2.52. The Hall–Kier alpha value is -1.13. The quantitative estimate of drug-likeness (QED) is 0.854. The molecule has 2 heterocycles. The van der Waals surface area contributed by atoms with Crippen LogP contribution in [-0.2, 0) is 0 Å². The summed E-state index contributed by atoms with van der Waals surface area (Å²) in [6, 6.07) is 3.82. The molecule has 0 aliphatic carbocycles. The van der Waals surface area contributed by atoms with Crippen LogP contribution < -0.4 is 11.5 Å². The van der Waals surface area contributed by atoms with Crippen molar-refractivity contribution in [3.63, 3.8) is 0 Å². The van der Waals surface area contributed by atoms with Crippen LogP contribution in [0.5, 0.6) is 0 Å². The van der Waals surface area contributed by atoms with E-state index in [9.17, 15) is 0 Å². The summed E-state index contributed by atoms with van der Waals surface area (Å²) in [7, 11) is 0. The van der Waals surface area contributed by atoms with Crippen molar-refractivity contribution in [2.45, 2.75) is 44.7 Å². The van der Waals surface area contributed by atoms with Gasteiger partial charge in [-0.25, -0.2) is 4.98 Å². The maximum absolute atomic E-state index is 6.50. The average Bonchev–Trinajstić information content (AvgIpc) is 2.92. The zero-order valence-electron chi connectivity index (χ0n) is 11.4. The summed E-state index contributed by atoms with van der Waals surface area (Å²) in [4.78, 5) is 6.66. The normalized spacial score (nSPS) is 21.7. The molecule has 0 aromatic carbocycles. The number of nitrogens with zero attached hydrogens (tertiary/aromatic N) is 2. The molecule has 1 aromatic heterocycles. The van der Waals surface area contributed by atoms with Gasteiger partial charge in [-0.2, -0.15) is 0 Å². The van der Waals surface area contributed by atoms with E-state index in [1.807, 2.05) is 12.1 Å². The van der Waals surface area contributed by atoms with Crippen molar-refractivity contribution in [3.8, 4) is 0 Å². The van der Waals surface area contributed by atoms with E-state index in [4.69, 9.17) is 11.5 Å². The largest absolute Gasteiger partial charge is 0.383 e. The molecular formula is C14H24N4. The zero-order chi connectivity index (χ0) is 13.2. The van der Waals surface area contributed by atoms with Crippen LogP contribution in [-0.4, -0.2) is 28.5 Å². The number of rotatable bonds is 4. The Morgan fingerprint density at radius 3 is 2.67 bits per heavy atom. The third-order valence-electron chi connectivity index (χ3n) is 4.42. The Morgan fingerprint density at radius 2 is 2.11 bits per heavy atom. The minimum absolute atomic E-state index is 0.0341. The highest BCUT2D eigenvalue weighted by Crippen LogP contribution is 2.36. The third kappa shape index (κ3) is 2.22. The van der Waals surface area contributed by atoms with Gasteiger partial charge >= 0.3 is 0 Å². The number of hydrogen-bond acceptors (Lipinski definition) is 4. The van der Waals surface area contributed by atoms with Gasteiger partial charge in [0.25, 0.3) is 0 Å². The van der Waals surface area contributed by atoms with Crippen molar-refractivity contribution in [1.82, 2.24) is 9.88 Å². The van der Waals surface area contributed by atoms with Crippen LogP contribution in [0.2, 0.25) is 0 Å². The van der Waals surface area contributed by atoms with E-state index in [-0.39, 0.29) is 11.6 Å². The third-order valence-corrected chi connectivity index (χ3v) is 4.42. The first-order valence-corrected chi connectivity index (χ1v) is 6.80. The maximum atomic E-state index is 6.50. The lowest BCUT2D eigenvalue weighted by molar-refractivity contribution is 0.100. The first kappa shape index (κ1) is 13.3. The van der Waals surface area contributed by atoms with Gasteiger partial charge in [0.05, 0.1) is 6.04 Å². The number of aromatic nitrogens is 1. The zero-order valence-corrected chi connectivity index (χ0v) is 11.4. The molecule has 4 N–H and O–H groups in total. The summed E-state index contributed by atoms with van der Waals surface area (Å²) >= 11 is 0. The molecule has 4 nitrogen and oxygen atoms in total. The van der Waals surface area contributed by atoms with Crippen LogP contribution in [0.15, 0.2) is 18.3 Å². The molecule has 0 bridgehead atoms. The van der Waals surface area contributed by atoms with Gasteiger partial charge in [-0.3, -0.25) is 4.90 Å². The van der Waals surface area contributed by atoms with Crippen molar-refractivity contribution < 1.29 is 0 Å². The smallest absolute Gasteiger partial charge is 0.128 e. The van der Waals surface area contributed by atoms with Crippen LogP contribution in [0.3, 0.4) is 0 Å². The summed E-state index contributed by atoms with van der Waals surface area (Å²) < 4.78 is 0. The molecule has 18 heavy (non-hydrogen) atoms. The second-order valence-corrected chi connectivity index (χ2v) is 5.36. The number of nitrogen functional groups attached to an aromatic ring is 1. The van der Waals surface area contributed by atoms with Crippen LogP contribution in [0, 0.1) is 0 Å². The number of nitrogens with two attached hydrogens (primary N) is 2. The van der Waals surface area contributed by atoms with E-state index in [1.54, 1.807) is 6.20 Å². The van der Waals surface area contributed by atoms with Gasteiger partial charge in [-0.1, -0.05) is 13.0 Å². The van der Waals surface area contributed by atoms with Gasteiger partial charge < -0.3 is 11.5 Å². The van der Waals surface area contributed by atoms with E-state index in [1.165, 1.54) is 12.8 Å². The van der Waals surface area contributed by atoms with Crippen LogP contribution in [0.25, 0.3) is 0 Å². The van der Waals surface area contributed by atoms with Gasteiger partial charge in [0, 0.05) is 17.3 Å². The summed E-state index contributed by atoms with van der Waals surface area (Å²) in [5, 5.41) is 0. The molecule has 1 aliphatic heterocycles. The minimum Gasteiger partial charge on any atom is -0.383 e. The van der Waals surface area contributed by atoms with Crippen molar-refractivity contribution >= 4 is 5.82 Å². The predicted octanol–water partition coefficient (Wildman–Crippen LogP) is 1.93. The molecule has 4 heteroatoms. The maximum Gasteiger partial charge on any atom is 0.128 e. The number of likely N-dealkylation sites (tertiary alicyclic amines) is 1. The van der Waals surface area contributed by atoms with E-state index in [0.29, 0.717) is 5.82 Å². The molecular weight excluding hydrogens is 224 g/mol. The molecule has 2 unspecified atom stereocenters.